The molecule has 0 amide bonds. The molecule has 1 aromatic carbocycles. The Bertz CT molecular complexity index is 999. The lowest BCUT2D eigenvalue weighted by Crippen LogP contribution is -2.12. The van der Waals surface area contributed by atoms with Crippen LogP contribution in [0.3, 0.4) is 0 Å². The number of allylic oxidation sites excluding steroid dienone is 1. The molecule has 0 bridgehead atoms. The average Bonchev–Trinajstić information content (AvgIpc) is 2.82. The second-order valence-corrected chi connectivity index (χ2v) is 5.17. The summed E-state index contributed by atoms with van der Waals surface area (Å²) in [7, 11) is 1.78. The molecule has 2 aromatic heterocycles. The molecule has 0 aliphatic rings. The maximum absolute atomic E-state index is 13.3. The minimum atomic E-state index is -0.748. The zero-order chi connectivity index (χ0) is 16.6. The Hall–Kier alpha value is -3.02. The van der Waals surface area contributed by atoms with Crippen molar-refractivity contribution in [2.45, 2.75) is 6.92 Å². The van der Waals surface area contributed by atoms with Crippen molar-refractivity contribution in [2.24, 2.45) is 7.05 Å². The van der Waals surface area contributed by atoms with Gasteiger partial charge in [-0.25, -0.2) is 9.18 Å². The minimum absolute atomic E-state index is 0.138. The summed E-state index contributed by atoms with van der Waals surface area (Å²) in [6.45, 7) is 1.82. The third kappa shape index (κ3) is 2.96. The van der Waals surface area contributed by atoms with Crippen LogP contribution in [0.25, 0.3) is 17.0 Å². The van der Waals surface area contributed by atoms with E-state index in [9.17, 15) is 14.0 Å². The highest BCUT2D eigenvalue weighted by molar-refractivity contribution is 6.07. The van der Waals surface area contributed by atoms with Crippen LogP contribution >= 0.6 is 0 Å². The zero-order valence-electron chi connectivity index (χ0n) is 12.5. The summed E-state index contributed by atoms with van der Waals surface area (Å²) in [6.07, 6.45) is 4.62. The van der Waals surface area contributed by atoms with Gasteiger partial charge in [-0.05, 0) is 43.3 Å². The summed E-state index contributed by atoms with van der Waals surface area (Å²) in [5, 5.41) is 4.52. The number of nitrogens with zero attached hydrogens (tertiary/aromatic N) is 2. The molecule has 0 saturated carbocycles. The van der Waals surface area contributed by atoms with Gasteiger partial charge in [0.05, 0.1) is 5.69 Å². The summed E-state index contributed by atoms with van der Waals surface area (Å²) in [5.41, 5.74) is 0.892. The molecule has 0 aliphatic heterocycles. The number of aromatic nitrogens is 2. The lowest BCUT2D eigenvalue weighted by atomic mass is 10.1. The second-order valence-electron chi connectivity index (χ2n) is 5.17. The van der Waals surface area contributed by atoms with Crippen molar-refractivity contribution in [3.63, 3.8) is 0 Å². The molecule has 5 nitrogen and oxygen atoms in total. The summed E-state index contributed by atoms with van der Waals surface area (Å²) in [5.74, 6) is -0.973. The van der Waals surface area contributed by atoms with Gasteiger partial charge in [0.15, 0.2) is 5.78 Å². The van der Waals surface area contributed by atoms with Crippen molar-refractivity contribution < 1.29 is 13.6 Å². The molecule has 0 N–H and O–H groups in total. The van der Waals surface area contributed by atoms with E-state index in [4.69, 9.17) is 4.42 Å². The molecule has 0 atom stereocenters. The van der Waals surface area contributed by atoms with Gasteiger partial charge in [-0.15, -0.1) is 0 Å². The van der Waals surface area contributed by atoms with Gasteiger partial charge in [-0.1, -0.05) is 0 Å². The van der Waals surface area contributed by atoms with E-state index in [2.05, 4.69) is 5.10 Å². The topological polar surface area (TPSA) is 65.1 Å². The highest BCUT2D eigenvalue weighted by Gasteiger charge is 2.12. The molecule has 0 fully saturated rings. The summed E-state index contributed by atoms with van der Waals surface area (Å²) in [6, 6.07) is 5.10. The fraction of sp³-hybridized carbons (Fsp3) is 0.118. The standard InChI is InChI=1S/C17H13FN2O3/c1-10-11(9-20(2)19-10)3-5-15(21)14-8-12-7-13(18)4-6-16(12)23-17(14)22/h3-9H,1-2H3/b5-3+. The number of aryl methyl sites for hydroxylation is 2. The fourth-order valence-corrected chi connectivity index (χ4v) is 2.30. The molecular formula is C17H13FN2O3. The van der Waals surface area contributed by atoms with Crippen molar-refractivity contribution in [3.05, 3.63) is 69.6 Å². The summed E-state index contributed by atoms with van der Waals surface area (Å²) < 4.78 is 19.9. The predicted octanol–water partition coefficient (Wildman–Crippen LogP) is 2.87. The van der Waals surface area contributed by atoms with E-state index >= 15 is 0 Å². The van der Waals surface area contributed by atoms with Crippen LogP contribution in [0.2, 0.25) is 0 Å². The first-order valence-electron chi connectivity index (χ1n) is 6.90. The van der Waals surface area contributed by atoms with E-state index in [1.165, 1.54) is 30.3 Å². The van der Waals surface area contributed by atoms with Crippen molar-refractivity contribution in [1.29, 1.82) is 0 Å². The summed E-state index contributed by atoms with van der Waals surface area (Å²) >= 11 is 0. The smallest absolute Gasteiger partial charge is 0.347 e. The molecule has 0 aliphatic carbocycles. The maximum Gasteiger partial charge on any atom is 0.347 e. The largest absolute Gasteiger partial charge is 0.422 e. The molecule has 0 radical (unpaired) electrons. The van der Waals surface area contributed by atoms with Crippen molar-refractivity contribution in [2.75, 3.05) is 0 Å². The van der Waals surface area contributed by atoms with Gasteiger partial charge in [0, 0.05) is 24.2 Å². The fourth-order valence-electron chi connectivity index (χ4n) is 2.30. The van der Waals surface area contributed by atoms with Crippen LogP contribution in [-0.2, 0) is 7.05 Å². The summed E-state index contributed by atoms with van der Waals surface area (Å²) in [4.78, 5) is 24.1. The molecule has 3 rings (SSSR count). The number of rotatable bonds is 3. The number of ketones is 1. The molecule has 0 saturated heterocycles. The van der Waals surface area contributed by atoms with Crippen LogP contribution in [0.5, 0.6) is 0 Å². The molecule has 0 unspecified atom stereocenters. The Balaban J connectivity index is 1.99. The minimum Gasteiger partial charge on any atom is -0.422 e. The second kappa shape index (κ2) is 5.64. The van der Waals surface area contributed by atoms with Gasteiger partial charge in [0.25, 0.3) is 0 Å². The van der Waals surface area contributed by atoms with Crippen molar-refractivity contribution >= 4 is 22.8 Å². The highest BCUT2D eigenvalue weighted by atomic mass is 19.1. The number of hydrogen-bond acceptors (Lipinski definition) is 4. The van der Waals surface area contributed by atoms with Crippen LogP contribution in [0.15, 0.2) is 45.8 Å². The number of hydrogen-bond donors (Lipinski definition) is 0. The molecular weight excluding hydrogens is 299 g/mol. The van der Waals surface area contributed by atoms with Crippen LogP contribution in [0.4, 0.5) is 4.39 Å². The number of carbonyl (C=O) groups excluding carboxylic acids is 1. The van der Waals surface area contributed by atoms with Crippen LogP contribution in [-0.4, -0.2) is 15.6 Å². The Morgan fingerprint density at radius 3 is 2.83 bits per heavy atom. The van der Waals surface area contributed by atoms with E-state index in [0.29, 0.717) is 5.39 Å². The number of benzene rings is 1. The predicted molar refractivity (Wildman–Crippen MR) is 83.8 cm³/mol. The van der Waals surface area contributed by atoms with E-state index < -0.39 is 17.2 Å². The van der Waals surface area contributed by atoms with E-state index in [-0.39, 0.29) is 11.1 Å². The highest BCUT2D eigenvalue weighted by Crippen LogP contribution is 2.16. The molecule has 3 aromatic rings. The molecule has 116 valence electrons. The number of halogens is 1. The monoisotopic (exact) mass is 312 g/mol. The van der Waals surface area contributed by atoms with E-state index in [1.54, 1.807) is 24.0 Å². The lowest BCUT2D eigenvalue weighted by Gasteiger charge is -1.99. The van der Waals surface area contributed by atoms with Crippen LogP contribution < -0.4 is 5.63 Å². The Kier molecular flexibility index (Phi) is 3.65. The van der Waals surface area contributed by atoms with Crippen molar-refractivity contribution in [3.8, 4) is 0 Å². The molecule has 2 heterocycles. The first-order valence-corrected chi connectivity index (χ1v) is 6.90. The SMILES string of the molecule is Cc1nn(C)cc1/C=C/C(=O)c1cc2cc(F)ccc2oc1=O. The first kappa shape index (κ1) is 14.9. The van der Waals surface area contributed by atoms with Gasteiger partial charge in [0.2, 0.25) is 0 Å². The van der Waals surface area contributed by atoms with Gasteiger partial charge in [-0.3, -0.25) is 9.48 Å². The Morgan fingerprint density at radius 1 is 1.35 bits per heavy atom. The maximum atomic E-state index is 13.3. The Labute approximate surface area is 130 Å². The molecule has 0 spiro atoms. The molecule has 23 heavy (non-hydrogen) atoms. The third-order valence-corrected chi connectivity index (χ3v) is 3.43. The average molecular weight is 312 g/mol. The van der Waals surface area contributed by atoms with Crippen LogP contribution in [0.1, 0.15) is 21.6 Å². The van der Waals surface area contributed by atoms with E-state index in [0.717, 1.165) is 11.3 Å². The van der Waals surface area contributed by atoms with Gasteiger partial charge in [0.1, 0.15) is 17.0 Å². The van der Waals surface area contributed by atoms with Crippen LogP contribution in [0, 0.1) is 12.7 Å². The number of fused-ring (bicyclic) bond motifs is 1. The van der Waals surface area contributed by atoms with Gasteiger partial charge < -0.3 is 4.42 Å². The van der Waals surface area contributed by atoms with Gasteiger partial charge >= 0.3 is 5.63 Å². The Morgan fingerprint density at radius 2 is 2.13 bits per heavy atom. The normalized spacial score (nSPS) is 11.4. The third-order valence-electron chi connectivity index (χ3n) is 3.43. The van der Waals surface area contributed by atoms with Crippen molar-refractivity contribution in [1.82, 2.24) is 9.78 Å². The first-order chi connectivity index (χ1) is 10.9. The zero-order valence-corrected chi connectivity index (χ0v) is 12.5. The number of carbonyl (C=O) groups is 1. The molecule has 6 heteroatoms. The lowest BCUT2D eigenvalue weighted by molar-refractivity contribution is 0.104. The van der Waals surface area contributed by atoms with E-state index in [1.807, 2.05) is 6.92 Å². The van der Waals surface area contributed by atoms with Gasteiger partial charge in [-0.2, -0.15) is 5.10 Å². The quantitative estimate of drug-likeness (QED) is 0.424.